The second-order valence-corrected chi connectivity index (χ2v) is 3.90. The first-order chi connectivity index (χ1) is 9.70. The van der Waals surface area contributed by atoms with Crippen LogP contribution in [0.1, 0.15) is 17.4 Å². The highest BCUT2D eigenvalue weighted by Gasteiger charge is 2.18. The third-order valence-corrected chi connectivity index (χ3v) is 2.63. The molecule has 0 fully saturated rings. The molecule has 0 unspecified atom stereocenters. The van der Waals surface area contributed by atoms with Gasteiger partial charge >= 0.3 is 5.97 Å². The molecule has 20 heavy (non-hydrogen) atoms. The van der Waals surface area contributed by atoms with Gasteiger partial charge in [0.25, 0.3) is 0 Å². The number of imidazole rings is 1. The Bertz CT molecular complexity index is 776. The highest BCUT2D eigenvalue weighted by atomic mass is 16.5. The van der Waals surface area contributed by atoms with E-state index >= 15 is 0 Å². The quantitative estimate of drug-likeness (QED) is 0.657. The minimum atomic E-state index is -0.571. The molecule has 0 aliphatic rings. The number of nitrogen functional groups attached to an aromatic ring is 1. The van der Waals surface area contributed by atoms with Crippen LogP contribution in [0, 0.1) is 0 Å². The third-order valence-electron chi connectivity index (χ3n) is 2.63. The normalized spacial score (nSPS) is 10.8. The fourth-order valence-electron chi connectivity index (χ4n) is 1.78. The molecule has 3 aromatic rings. The molecule has 0 radical (unpaired) electrons. The van der Waals surface area contributed by atoms with Gasteiger partial charge in [-0.3, -0.25) is 0 Å². The number of carbonyl (C=O) groups is 1. The highest BCUT2D eigenvalue weighted by molar-refractivity contribution is 5.93. The molecule has 3 heterocycles. The first-order valence-corrected chi connectivity index (χ1v) is 5.87. The average Bonchev–Trinajstić information content (AvgIpc) is 3.04. The topological polar surface area (TPSA) is 125 Å². The van der Waals surface area contributed by atoms with Crippen LogP contribution in [0.2, 0.25) is 0 Å². The molecule has 3 aromatic heterocycles. The number of aromatic nitrogens is 6. The number of esters is 1. The Hall–Kier alpha value is -2.97. The monoisotopic (exact) mass is 273 g/mol. The van der Waals surface area contributed by atoms with Crippen molar-refractivity contribution in [2.24, 2.45) is 0 Å². The van der Waals surface area contributed by atoms with Crippen molar-refractivity contribution in [3.05, 3.63) is 24.5 Å². The lowest BCUT2D eigenvalue weighted by Gasteiger charge is -2.00. The predicted octanol–water partition coefficient (Wildman–Crippen LogP) is 0.298. The summed E-state index contributed by atoms with van der Waals surface area (Å²) in [5.41, 5.74) is 7.15. The van der Waals surface area contributed by atoms with Crippen molar-refractivity contribution in [1.29, 1.82) is 0 Å². The van der Waals surface area contributed by atoms with Crippen molar-refractivity contribution in [3.63, 3.8) is 0 Å². The molecule has 0 bridgehead atoms. The minimum Gasteiger partial charge on any atom is -0.461 e. The number of nitrogens with one attached hydrogen (secondary N) is 1. The third kappa shape index (κ3) is 1.85. The number of nitrogens with two attached hydrogens (primary N) is 1. The van der Waals surface area contributed by atoms with Gasteiger partial charge in [-0.2, -0.15) is 5.10 Å². The molecular weight excluding hydrogens is 262 g/mol. The van der Waals surface area contributed by atoms with Gasteiger partial charge in [-0.05, 0) is 6.92 Å². The number of aromatic amines is 1. The summed E-state index contributed by atoms with van der Waals surface area (Å²) >= 11 is 0. The number of ether oxygens (including phenoxy) is 1. The molecule has 9 nitrogen and oxygen atoms in total. The maximum absolute atomic E-state index is 11.7. The maximum atomic E-state index is 11.7. The van der Waals surface area contributed by atoms with E-state index in [1.807, 2.05) is 0 Å². The lowest BCUT2D eigenvalue weighted by Crippen LogP contribution is -2.09. The summed E-state index contributed by atoms with van der Waals surface area (Å²) in [7, 11) is 0. The fraction of sp³-hybridized carbons (Fsp3) is 0.182. The zero-order chi connectivity index (χ0) is 14.1. The largest absolute Gasteiger partial charge is 0.461 e. The smallest absolute Gasteiger partial charge is 0.361 e. The SMILES string of the molecule is CCOC(=O)c1nn(-c2ncnc3nc[nH]c23)cc1N. The predicted molar refractivity (Wildman–Crippen MR) is 69.2 cm³/mol. The van der Waals surface area contributed by atoms with Crippen LogP contribution in [0.25, 0.3) is 17.0 Å². The van der Waals surface area contributed by atoms with Gasteiger partial charge in [-0.15, -0.1) is 0 Å². The standard InChI is InChI=1S/C11H11N7O2/c1-2-20-11(19)7-6(12)3-18(17-7)10-8-9(14-4-13-8)15-5-16-10/h3-5H,2,12H2,1H3,(H,13,14,15,16). The molecular formula is C11H11N7O2. The number of hydrogen-bond acceptors (Lipinski definition) is 7. The summed E-state index contributed by atoms with van der Waals surface area (Å²) in [4.78, 5) is 26.8. The van der Waals surface area contributed by atoms with Crippen molar-refractivity contribution < 1.29 is 9.53 Å². The Kier molecular flexibility index (Phi) is 2.78. The lowest BCUT2D eigenvalue weighted by atomic mass is 10.4. The number of carbonyl (C=O) groups excluding carboxylic acids is 1. The van der Waals surface area contributed by atoms with Gasteiger partial charge in [0.1, 0.15) is 11.8 Å². The van der Waals surface area contributed by atoms with Gasteiger partial charge < -0.3 is 15.5 Å². The van der Waals surface area contributed by atoms with Crippen LogP contribution in [-0.2, 0) is 4.74 Å². The van der Waals surface area contributed by atoms with Crippen LogP contribution in [0.5, 0.6) is 0 Å². The van der Waals surface area contributed by atoms with E-state index < -0.39 is 5.97 Å². The lowest BCUT2D eigenvalue weighted by molar-refractivity contribution is 0.0520. The second kappa shape index (κ2) is 4.61. The zero-order valence-corrected chi connectivity index (χ0v) is 10.6. The molecule has 0 aliphatic carbocycles. The molecule has 0 amide bonds. The van der Waals surface area contributed by atoms with Crippen molar-refractivity contribution in [3.8, 4) is 5.82 Å². The summed E-state index contributed by atoms with van der Waals surface area (Å²) in [6, 6.07) is 0. The molecule has 0 aromatic carbocycles. The van der Waals surface area contributed by atoms with E-state index in [0.717, 1.165) is 0 Å². The van der Waals surface area contributed by atoms with Crippen LogP contribution in [0.4, 0.5) is 5.69 Å². The zero-order valence-electron chi connectivity index (χ0n) is 10.6. The number of H-pyrrole nitrogens is 1. The summed E-state index contributed by atoms with van der Waals surface area (Å²) in [6.45, 7) is 1.97. The first kappa shape index (κ1) is 12.1. The molecule has 9 heteroatoms. The average molecular weight is 273 g/mol. The number of nitrogens with zero attached hydrogens (tertiary/aromatic N) is 5. The van der Waals surface area contributed by atoms with Crippen LogP contribution in [-0.4, -0.2) is 42.3 Å². The molecule has 0 atom stereocenters. The molecule has 0 aliphatic heterocycles. The summed E-state index contributed by atoms with van der Waals surface area (Å²) in [5.74, 6) is -0.117. The van der Waals surface area contributed by atoms with Gasteiger partial charge in [0.05, 0.1) is 24.8 Å². The van der Waals surface area contributed by atoms with Gasteiger partial charge in [0.2, 0.25) is 0 Å². The number of fused-ring (bicyclic) bond motifs is 1. The van der Waals surface area contributed by atoms with E-state index in [4.69, 9.17) is 10.5 Å². The van der Waals surface area contributed by atoms with E-state index in [9.17, 15) is 4.79 Å². The van der Waals surface area contributed by atoms with Crippen LogP contribution in [0.15, 0.2) is 18.9 Å². The Morgan fingerprint density at radius 3 is 3.10 bits per heavy atom. The minimum absolute atomic E-state index is 0.0538. The number of hydrogen-bond donors (Lipinski definition) is 2. The summed E-state index contributed by atoms with van der Waals surface area (Å²) in [6.07, 6.45) is 4.36. The van der Waals surface area contributed by atoms with Crippen LogP contribution >= 0.6 is 0 Å². The Morgan fingerprint density at radius 1 is 1.45 bits per heavy atom. The van der Waals surface area contributed by atoms with Gasteiger partial charge in [0.15, 0.2) is 17.2 Å². The van der Waals surface area contributed by atoms with E-state index in [-0.39, 0.29) is 18.0 Å². The number of anilines is 1. The van der Waals surface area contributed by atoms with Crippen molar-refractivity contribution in [2.75, 3.05) is 12.3 Å². The highest BCUT2D eigenvalue weighted by Crippen LogP contribution is 2.18. The molecule has 3 rings (SSSR count). The van der Waals surface area contributed by atoms with Crippen LogP contribution in [0.3, 0.4) is 0 Å². The first-order valence-electron chi connectivity index (χ1n) is 5.87. The molecule has 0 spiro atoms. The van der Waals surface area contributed by atoms with Crippen LogP contribution < -0.4 is 5.73 Å². The van der Waals surface area contributed by atoms with Gasteiger partial charge in [0, 0.05) is 0 Å². The molecule has 0 saturated carbocycles. The summed E-state index contributed by atoms with van der Waals surface area (Å²) in [5, 5.41) is 4.11. The van der Waals surface area contributed by atoms with E-state index in [1.54, 1.807) is 6.92 Å². The van der Waals surface area contributed by atoms with Crippen molar-refractivity contribution in [1.82, 2.24) is 29.7 Å². The maximum Gasteiger partial charge on any atom is 0.361 e. The Labute approximate surface area is 112 Å². The van der Waals surface area contributed by atoms with Crippen molar-refractivity contribution in [2.45, 2.75) is 6.92 Å². The second-order valence-electron chi connectivity index (χ2n) is 3.90. The van der Waals surface area contributed by atoms with E-state index in [2.05, 4.69) is 25.0 Å². The Balaban J connectivity index is 2.09. The fourth-order valence-corrected chi connectivity index (χ4v) is 1.78. The van der Waals surface area contributed by atoms with Gasteiger partial charge in [-0.1, -0.05) is 0 Å². The molecule has 102 valence electrons. The van der Waals surface area contributed by atoms with E-state index in [1.165, 1.54) is 23.5 Å². The molecule has 3 N–H and O–H groups in total. The van der Waals surface area contributed by atoms with Crippen molar-refractivity contribution >= 4 is 22.8 Å². The van der Waals surface area contributed by atoms with Gasteiger partial charge in [-0.25, -0.2) is 24.4 Å². The molecule has 0 saturated heterocycles. The Morgan fingerprint density at radius 2 is 2.30 bits per heavy atom. The number of rotatable bonds is 3. The van der Waals surface area contributed by atoms with E-state index in [0.29, 0.717) is 17.0 Å². The summed E-state index contributed by atoms with van der Waals surface area (Å²) < 4.78 is 6.28.